The van der Waals surface area contributed by atoms with Crippen molar-refractivity contribution in [2.45, 2.75) is 32.6 Å². The summed E-state index contributed by atoms with van der Waals surface area (Å²) in [7, 11) is 0. The molecule has 0 aliphatic carbocycles. The van der Waals surface area contributed by atoms with Crippen molar-refractivity contribution in [3.63, 3.8) is 0 Å². The van der Waals surface area contributed by atoms with Crippen LogP contribution in [-0.2, 0) is 9.59 Å². The Morgan fingerprint density at radius 2 is 1.93 bits per heavy atom. The van der Waals surface area contributed by atoms with Crippen LogP contribution in [0.15, 0.2) is 12.7 Å². The average molecular weight is 212 g/mol. The van der Waals surface area contributed by atoms with Crippen molar-refractivity contribution in [2.75, 3.05) is 13.1 Å². The molecule has 2 N–H and O–H groups in total. The third kappa shape index (κ3) is 9.00. The number of carbonyl (C=O) groups is 2. The van der Waals surface area contributed by atoms with Crippen molar-refractivity contribution in [3.05, 3.63) is 12.7 Å². The highest BCUT2D eigenvalue weighted by Gasteiger charge is 1.98. The molecule has 0 rings (SSSR count). The molecule has 0 bridgehead atoms. The van der Waals surface area contributed by atoms with Crippen LogP contribution < -0.4 is 10.6 Å². The molecule has 0 fully saturated rings. The van der Waals surface area contributed by atoms with E-state index in [4.69, 9.17) is 0 Å². The van der Waals surface area contributed by atoms with Crippen LogP contribution in [0.5, 0.6) is 0 Å². The van der Waals surface area contributed by atoms with Gasteiger partial charge in [-0.15, -0.1) is 0 Å². The zero-order valence-corrected chi connectivity index (χ0v) is 9.34. The molecule has 4 heteroatoms. The molecule has 0 saturated heterocycles. The van der Waals surface area contributed by atoms with E-state index in [-0.39, 0.29) is 11.8 Å². The predicted octanol–water partition coefficient (Wildman–Crippen LogP) is 0.985. The smallest absolute Gasteiger partial charge is 0.243 e. The molecular formula is C11H20N2O2. The van der Waals surface area contributed by atoms with E-state index < -0.39 is 0 Å². The third-order valence-electron chi connectivity index (χ3n) is 1.94. The van der Waals surface area contributed by atoms with Crippen LogP contribution in [-0.4, -0.2) is 24.9 Å². The van der Waals surface area contributed by atoms with Gasteiger partial charge in [-0.1, -0.05) is 13.0 Å². The molecule has 0 spiro atoms. The number of carbonyl (C=O) groups excluding carboxylic acids is 2. The van der Waals surface area contributed by atoms with Crippen LogP contribution in [0.1, 0.15) is 32.6 Å². The molecular weight excluding hydrogens is 192 g/mol. The Kier molecular flexibility index (Phi) is 8.43. The fourth-order valence-corrected chi connectivity index (χ4v) is 1.16. The van der Waals surface area contributed by atoms with Gasteiger partial charge in [-0.2, -0.15) is 0 Å². The lowest BCUT2D eigenvalue weighted by Crippen LogP contribution is -2.23. The number of amides is 2. The van der Waals surface area contributed by atoms with Crippen molar-refractivity contribution < 1.29 is 9.59 Å². The lowest BCUT2D eigenvalue weighted by atomic mass is 10.2. The number of unbranched alkanes of at least 4 members (excludes halogenated alkanes) is 2. The molecule has 0 heterocycles. The minimum atomic E-state index is -0.140. The molecule has 2 amide bonds. The molecule has 86 valence electrons. The van der Waals surface area contributed by atoms with Crippen LogP contribution >= 0.6 is 0 Å². The summed E-state index contributed by atoms with van der Waals surface area (Å²) in [5, 5.41) is 5.43. The van der Waals surface area contributed by atoms with E-state index >= 15 is 0 Å². The summed E-state index contributed by atoms with van der Waals surface area (Å²) >= 11 is 0. The van der Waals surface area contributed by atoms with Gasteiger partial charge < -0.3 is 10.6 Å². The maximum atomic E-state index is 11.0. The molecule has 0 atom stereocenters. The monoisotopic (exact) mass is 212 g/mol. The first kappa shape index (κ1) is 13.7. The summed E-state index contributed by atoms with van der Waals surface area (Å²) in [5.41, 5.74) is 0. The summed E-state index contributed by atoms with van der Waals surface area (Å²) < 4.78 is 0. The van der Waals surface area contributed by atoms with Crippen molar-refractivity contribution in [2.24, 2.45) is 0 Å². The highest BCUT2D eigenvalue weighted by atomic mass is 16.2. The Morgan fingerprint density at radius 1 is 1.20 bits per heavy atom. The van der Waals surface area contributed by atoms with Gasteiger partial charge in [0.25, 0.3) is 0 Å². The van der Waals surface area contributed by atoms with Gasteiger partial charge in [-0.25, -0.2) is 0 Å². The molecule has 0 unspecified atom stereocenters. The van der Waals surface area contributed by atoms with Crippen LogP contribution in [0, 0.1) is 0 Å². The maximum absolute atomic E-state index is 11.0. The summed E-state index contributed by atoms with van der Waals surface area (Å²) in [6.45, 7) is 6.60. The van der Waals surface area contributed by atoms with Crippen LogP contribution in [0.2, 0.25) is 0 Å². The minimum absolute atomic E-state index is 0.104. The van der Waals surface area contributed by atoms with E-state index in [1.807, 2.05) is 6.92 Å². The van der Waals surface area contributed by atoms with E-state index in [9.17, 15) is 9.59 Å². The zero-order valence-electron chi connectivity index (χ0n) is 9.34. The van der Waals surface area contributed by atoms with Gasteiger partial charge in [0.05, 0.1) is 0 Å². The van der Waals surface area contributed by atoms with E-state index in [1.54, 1.807) is 0 Å². The Hall–Kier alpha value is -1.32. The normalized spacial score (nSPS) is 9.40. The molecule has 0 aromatic carbocycles. The first-order chi connectivity index (χ1) is 7.20. The SMILES string of the molecule is C=CC(=O)NCCCCCC(=O)NCC. The van der Waals surface area contributed by atoms with Gasteiger partial charge in [0.1, 0.15) is 0 Å². The van der Waals surface area contributed by atoms with E-state index in [0.717, 1.165) is 19.3 Å². The first-order valence-electron chi connectivity index (χ1n) is 5.37. The Morgan fingerprint density at radius 3 is 2.53 bits per heavy atom. The largest absolute Gasteiger partial charge is 0.356 e. The highest BCUT2D eigenvalue weighted by Crippen LogP contribution is 1.98. The topological polar surface area (TPSA) is 58.2 Å². The van der Waals surface area contributed by atoms with Crippen molar-refractivity contribution >= 4 is 11.8 Å². The summed E-state index contributed by atoms with van der Waals surface area (Å²) in [6, 6.07) is 0. The second kappa shape index (κ2) is 9.24. The Balaban J connectivity index is 3.21. The van der Waals surface area contributed by atoms with Gasteiger partial charge in [0.15, 0.2) is 0 Å². The fourth-order valence-electron chi connectivity index (χ4n) is 1.16. The molecule has 15 heavy (non-hydrogen) atoms. The molecule has 0 saturated carbocycles. The Labute approximate surface area is 91.1 Å². The van der Waals surface area contributed by atoms with Crippen molar-refractivity contribution in [3.8, 4) is 0 Å². The first-order valence-corrected chi connectivity index (χ1v) is 5.37. The molecule has 4 nitrogen and oxygen atoms in total. The highest BCUT2D eigenvalue weighted by molar-refractivity contribution is 5.86. The number of hydrogen-bond donors (Lipinski definition) is 2. The quantitative estimate of drug-likeness (QED) is 0.465. The number of rotatable bonds is 8. The molecule has 0 radical (unpaired) electrons. The zero-order chi connectivity index (χ0) is 11.5. The second-order valence-electron chi connectivity index (χ2n) is 3.26. The van der Waals surface area contributed by atoms with Crippen LogP contribution in [0.25, 0.3) is 0 Å². The molecule has 0 aromatic heterocycles. The van der Waals surface area contributed by atoms with Gasteiger partial charge >= 0.3 is 0 Å². The maximum Gasteiger partial charge on any atom is 0.243 e. The summed E-state index contributed by atoms with van der Waals surface area (Å²) in [5.74, 6) is -0.0358. The standard InChI is InChI=1S/C11H20N2O2/c1-3-10(14)13-9-7-5-6-8-11(15)12-4-2/h3H,1,4-9H2,2H3,(H,12,15)(H,13,14). The van der Waals surface area contributed by atoms with Crippen LogP contribution in [0.3, 0.4) is 0 Å². The van der Waals surface area contributed by atoms with Crippen molar-refractivity contribution in [1.82, 2.24) is 10.6 Å². The van der Waals surface area contributed by atoms with Gasteiger partial charge in [0.2, 0.25) is 11.8 Å². The number of hydrogen-bond acceptors (Lipinski definition) is 2. The molecule has 0 aliphatic rings. The van der Waals surface area contributed by atoms with Crippen molar-refractivity contribution in [1.29, 1.82) is 0 Å². The predicted molar refractivity (Wildman–Crippen MR) is 60.4 cm³/mol. The van der Waals surface area contributed by atoms with Crippen LogP contribution in [0.4, 0.5) is 0 Å². The Bertz CT molecular complexity index is 215. The van der Waals surface area contributed by atoms with Gasteiger partial charge in [-0.05, 0) is 25.8 Å². The van der Waals surface area contributed by atoms with E-state index in [1.165, 1.54) is 6.08 Å². The summed E-state index contributed by atoms with van der Waals surface area (Å²) in [4.78, 5) is 21.8. The lowest BCUT2D eigenvalue weighted by molar-refractivity contribution is -0.121. The third-order valence-corrected chi connectivity index (χ3v) is 1.94. The average Bonchev–Trinajstić information content (AvgIpc) is 2.23. The summed E-state index contributed by atoms with van der Waals surface area (Å²) in [6.07, 6.45) is 4.56. The second-order valence-corrected chi connectivity index (χ2v) is 3.26. The molecule has 0 aliphatic heterocycles. The minimum Gasteiger partial charge on any atom is -0.356 e. The van der Waals surface area contributed by atoms with E-state index in [2.05, 4.69) is 17.2 Å². The lowest BCUT2D eigenvalue weighted by Gasteiger charge is -2.03. The number of nitrogens with one attached hydrogen (secondary N) is 2. The molecule has 0 aromatic rings. The van der Waals surface area contributed by atoms with Gasteiger partial charge in [0, 0.05) is 19.5 Å². The van der Waals surface area contributed by atoms with Gasteiger partial charge in [-0.3, -0.25) is 9.59 Å². The van der Waals surface area contributed by atoms with E-state index in [0.29, 0.717) is 19.5 Å². The fraction of sp³-hybridized carbons (Fsp3) is 0.636.